The highest BCUT2D eigenvalue weighted by atomic mass is 79.9. The van der Waals surface area contributed by atoms with Crippen LogP contribution in [-0.2, 0) is 6.42 Å². The third kappa shape index (κ3) is 5.29. The predicted molar refractivity (Wildman–Crippen MR) is 69.6 cm³/mol. The predicted octanol–water partition coefficient (Wildman–Crippen LogP) is 2.74. The van der Waals surface area contributed by atoms with Gasteiger partial charge >= 0.3 is 0 Å². The average Bonchev–Trinajstić information content (AvgIpc) is 2.03. The van der Waals surface area contributed by atoms with Crippen molar-refractivity contribution in [1.29, 1.82) is 5.41 Å². The number of nitrogens with one attached hydrogen (secondary N) is 1. The van der Waals surface area contributed by atoms with E-state index in [2.05, 4.69) is 31.2 Å². The topological polar surface area (TPSA) is 49.9 Å². The van der Waals surface area contributed by atoms with Gasteiger partial charge in [0.2, 0.25) is 0 Å². The van der Waals surface area contributed by atoms with Gasteiger partial charge in [-0.1, -0.05) is 41.6 Å². The first-order chi connectivity index (χ1) is 6.18. The summed E-state index contributed by atoms with van der Waals surface area (Å²) in [7, 11) is 0. The summed E-state index contributed by atoms with van der Waals surface area (Å²) in [6.45, 7) is 2.08. The summed E-state index contributed by atoms with van der Waals surface area (Å²) in [6, 6.07) is 8.42. The molecule has 0 aliphatic carbocycles. The molecule has 0 bridgehead atoms. The Bertz CT molecular complexity index is 302. The third-order valence-corrected chi connectivity index (χ3v) is 2.45. The summed E-state index contributed by atoms with van der Waals surface area (Å²) >= 11 is 1.39. The number of thioether (sulfide) groups is 1. The second kappa shape index (κ2) is 6.90. The molecular weight excluding hydrogens is 260 g/mol. The van der Waals surface area contributed by atoms with Crippen LogP contribution in [0, 0.1) is 12.3 Å². The van der Waals surface area contributed by atoms with Crippen molar-refractivity contribution in [3.63, 3.8) is 0 Å². The van der Waals surface area contributed by atoms with Crippen molar-refractivity contribution in [2.45, 2.75) is 13.3 Å². The molecule has 0 amide bonds. The minimum absolute atomic E-state index is 0. The molecule has 0 aromatic heterocycles. The van der Waals surface area contributed by atoms with E-state index < -0.39 is 0 Å². The fourth-order valence-electron chi connectivity index (χ4n) is 1.15. The number of hydrogen-bond donors (Lipinski definition) is 2. The van der Waals surface area contributed by atoms with Gasteiger partial charge in [0, 0.05) is 5.75 Å². The molecule has 0 saturated heterocycles. The van der Waals surface area contributed by atoms with Crippen LogP contribution in [0.5, 0.6) is 0 Å². The zero-order valence-corrected chi connectivity index (χ0v) is 10.6. The van der Waals surface area contributed by atoms with E-state index in [-0.39, 0.29) is 22.1 Å². The van der Waals surface area contributed by atoms with Gasteiger partial charge in [0.1, 0.15) is 0 Å². The van der Waals surface area contributed by atoms with E-state index in [1.807, 2.05) is 0 Å². The van der Waals surface area contributed by atoms with Crippen LogP contribution in [0.2, 0.25) is 0 Å². The molecule has 14 heavy (non-hydrogen) atoms. The quantitative estimate of drug-likeness (QED) is 0.658. The van der Waals surface area contributed by atoms with E-state index in [1.165, 1.54) is 22.9 Å². The summed E-state index contributed by atoms with van der Waals surface area (Å²) in [5.41, 5.74) is 7.83. The Morgan fingerprint density at radius 1 is 1.50 bits per heavy atom. The van der Waals surface area contributed by atoms with Crippen molar-refractivity contribution in [3.05, 3.63) is 35.4 Å². The Morgan fingerprint density at radius 2 is 2.21 bits per heavy atom. The monoisotopic (exact) mass is 274 g/mol. The van der Waals surface area contributed by atoms with Gasteiger partial charge in [-0.2, -0.15) is 0 Å². The molecule has 0 unspecified atom stereocenters. The van der Waals surface area contributed by atoms with Crippen LogP contribution in [0.25, 0.3) is 0 Å². The Hall–Kier alpha value is -0.480. The van der Waals surface area contributed by atoms with Crippen LogP contribution in [0.3, 0.4) is 0 Å². The first-order valence-corrected chi connectivity index (χ1v) is 5.19. The largest absolute Gasteiger partial charge is 0.379 e. The smallest absolute Gasteiger partial charge is 0.151 e. The van der Waals surface area contributed by atoms with Gasteiger partial charge in [-0.25, -0.2) is 0 Å². The van der Waals surface area contributed by atoms with E-state index in [0.717, 1.165) is 12.2 Å². The van der Waals surface area contributed by atoms with Crippen LogP contribution in [0.15, 0.2) is 24.3 Å². The van der Waals surface area contributed by atoms with Gasteiger partial charge in [0.05, 0.1) is 0 Å². The first-order valence-electron chi connectivity index (χ1n) is 4.21. The maximum absolute atomic E-state index is 7.04. The maximum Gasteiger partial charge on any atom is 0.151 e. The molecule has 0 fully saturated rings. The lowest BCUT2D eigenvalue weighted by Crippen LogP contribution is -2.05. The molecule has 0 radical (unpaired) electrons. The van der Waals surface area contributed by atoms with Crippen molar-refractivity contribution in [2.75, 3.05) is 5.75 Å². The molecule has 2 nitrogen and oxygen atoms in total. The summed E-state index contributed by atoms with van der Waals surface area (Å²) in [5.74, 6) is 0.888. The van der Waals surface area contributed by atoms with E-state index in [4.69, 9.17) is 11.1 Å². The lowest BCUT2D eigenvalue weighted by atomic mass is 10.1. The van der Waals surface area contributed by atoms with Crippen LogP contribution < -0.4 is 5.73 Å². The van der Waals surface area contributed by atoms with Crippen LogP contribution >= 0.6 is 28.7 Å². The van der Waals surface area contributed by atoms with E-state index in [1.54, 1.807) is 0 Å². The van der Waals surface area contributed by atoms with Crippen LogP contribution in [0.1, 0.15) is 11.1 Å². The Labute approximate surface area is 99.6 Å². The lowest BCUT2D eigenvalue weighted by Gasteiger charge is -2.01. The highest BCUT2D eigenvalue weighted by molar-refractivity contribution is 8.93. The van der Waals surface area contributed by atoms with Gasteiger partial charge in [-0.05, 0) is 18.9 Å². The molecule has 0 aliphatic rings. The molecular formula is C10H15BrN2S. The Morgan fingerprint density at radius 3 is 2.79 bits per heavy atom. The molecule has 0 saturated carbocycles. The van der Waals surface area contributed by atoms with E-state index >= 15 is 0 Å². The summed E-state index contributed by atoms with van der Waals surface area (Å²) in [4.78, 5) is 0. The summed E-state index contributed by atoms with van der Waals surface area (Å²) in [6.07, 6.45) is 0.978. The van der Waals surface area contributed by atoms with Crippen molar-refractivity contribution in [2.24, 2.45) is 5.73 Å². The van der Waals surface area contributed by atoms with Crippen molar-refractivity contribution >= 4 is 33.9 Å². The second-order valence-corrected chi connectivity index (χ2v) is 4.09. The third-order valence-electron chi connectivity index (χ3n) is 1.73. The van der Waals surface area contributed by atoms with E-state index in [9.17, 15) is 0 Å². The SMILES string of the molecule is Br.Cc1cccc(CCSC(=N)N)c1. The van der Waals surface area contributed by atoms with Crippen LogP contribution in [0.4, 0.5) is 0 Å². The van der Waals surface area contributed by atoms with Crippen molar-refractivity contribution < 1.29 is 0 Å². The van der Waals surface area contributed by atoms with Gasteiger partial charge in [-0.3, -0.25) is 5.41 Å². The Balaban J connectivity index is 0.00000169. The fraction of sp³-hybridized carbons (Fsp3) is 0.300. The zero-order valence-electron chi connectivity index (χ0n) is 8.12. The number of aryl methyl sites for hydroxylation is 2. The standard InChI is InChI=1S/C10H14N2S.BrH/c1-8-3-2-4-9(7-8)5-6-13-10(11)12;/h2-4,7H,5-6H2,1H3,(H3,11,12);1H. The number of hydrogen-bond acceptors (Lipinski definition) is 2. The number of rotatable bonds is 3. The van der Waals surface area contributed by atoms with Gasteiger partial charge in [0.15, 0.2) is 5.17 Å². The molecule has 0 atom stereocenters. The fourth-order valence-corrected chi connectivity index (χ4v) is 1.70. The van der Waals surface area contributed by atoms with Crippen molar-refractivity contribution in [3.8, 4) is 0 Å². The minimum Gasteiger partial charge on any atom is -0.379 e. The van der Waals surface area contributed by atoms with Gasteiger partial charge in [0.25, 0.3) is 0 Å². The molecule has 0 heterocycles. The molecule has 3 N–H and O–H groups in total. The lowest BCUT2D eigenvalue weighted by molar-refractivity contribution is 1.15. The number of amidine groups is 1. The molecule has 0 spiro atoms. The first kappa shape index (κ1) is 13.5. The van der Waals surface area contributed by atoms with Gasteiger partial charge < -0.3 is 5.73 Å². The molecule has 4 heteroatoms. The molecule has 1 aromatic rings. The van der Waals surface area contributed by atoms with Gasteiger partial charge in [-0.15, -0.1) is 17.0 Å². The van der Waals surface area contributed by atoms with Crippen molar-refractivity contribution in [1.82, 2.24) is 0 Å². The number of halogens is 1. The highest BCUT2D eigenvalue weighted by Gasteiger charge is 1.94. The molecule has 1 rings (SSSR count). The molecule has 1 aromatic carbocycles. The van der Waals surface area contributed by atoms with Crippen LogP contribution in [-0.4, -0.2) is 10.9 Å². The second-order valence-electron chi connectivity index (χ2n) is 2.95. The molecule has 0 aliphatic heterocycles. The van der Waals surface area contributed by atoms with E-state index in [0.29, 0.717) is 0 Å². The highest BCUT2D eigenvalue weighted by Crippen LogP contribution is 2.08. The summed E-state index contributed by atoms with van der Waals surface area (Å²) in [5, 5.41) is 7.24. The maximum atomic E-state index is 7.04. The Kier molecular flexibility index (Phi) is 6.66. The normalized spacial score (nSPS) is 9.21. The minimum atomic E-state index is 0. The number of nitrogens with two attached hydrogens (primary N) is 1. The summed E-state index contributed by atoms with van der Waals surface area (Å²) < 4.78 is 0. The number of benzene rings is 1. The average molecular weight is 275 g/mol. The molecule has 78 valence electrons. The zero-order chi connectivity index (χ0) is 9.68.